The van der Waals surface area contributed by atoms with E-state index in [0.717, 1.165) is 11.0 Å². The van der Waals surface area contributed by atoms with Crippen LogP contribution in [-0.2, 0) is 7.05 Å². The lowest BCUT2D eigenvalue weighted by Gasteiger charge is -2.15. The zero-order chi connectivity index (χ0) is 23.9. The summed E-state index contributed by atoms with van der Waals surface area (Å²) in [5.74, 6) is 0.579. The maximum atomic E-state index is 13.7. The van der Waals surface area contributed by atoms with Gasteiger partial charge in [0.2, 0.25) is 16.9 Å². The first kappa shape index (κ1) is 22.1. The molecule has 0 saturated carbocycles. The fourth-order valence-corrected chi connectivity index (χ4v) is 4.16. The Balaban J connectivity index is 1.97. The molecule has 0 aliphatic carbocycles. The van der Waals surface area contributed by atoms with E-state index in [9.17, 15) is 9.59 Å². The van der Waals surface area contributed by atoms with Crippen molar-refractivity contribution < 1.29 is 28.4 Å². The van der Waals surface area contributed by atoms with Gasteiger partial charge in [-0.2, -0.15) is 4.57 Å². The molecule has 2 N–H and O–H groups in total. The minimum atomic E-state index is -0.536. The van der Waals surface area contributed by atoms with Crippen LogP contribution < -0.4 is 24.5 Å². The van der Waals surface area contributed by atoms with Gasteiger partial charge in [-0.15, -0.1) is 0 Å². The van der Waals surface area contributed by atoms with Crippen LogP contribution >= 0.6 is 0 Å². The molecule has 3 aromatic carbocycles. The number of pyridine rings is 1. The van der Waals surface area contributed by atoms with Crippen molar-refractivity contribution in [3.63, 3.8) is 0 Å². The number of ether oxygens (including phenoxy) is 3. The van der Waals surface area contributed by atoms with E-state index in [2.05, 4.69) is 0 Å². The maximum Gasteiger partial charge on any atom is 0.345 e. The van der Waals surface area contributed by atoms with Crippen LogP contribution in [0.25, 0.3) is 21.8 Å². The zero-order valence-corrected chi connectivity index (χ0v) is 19.2. The van der Waals surface area contributed by atoms with Crippen molar-refractivity contribution in [3.05, 3.63) is 70.8 Å². The average Bonchev–Trinajstić information content (AvgIpc) is 2.80. The van der Waals surface area contributed by atoms with Crippen LogP contribution in [0, 0.1) is 13.8 Å². The van der Waals surface area contributed by atoms with E-state index in [1.807, 2.05) is 48.0 Å². The highest BCUT2D eigenvalue weighted by molar-refractivity contribution is 6.14. The van der Waals surface area contributed by atoms with Crippen LogP contribution in [0.3, 0.4) is 0 Å². The van der Waals surface area contributed by atoms with Crippen molar-refractivity contribution in [2.75, 3.05) is 14.2 Å². The number of rotatable bonds is 5. The second-order valence-electron chi connectivity index (χ2n) is 7.89. The van der Waals surface area contributed by atoms with Gasteiger partial charge in [-0.25, -0.2) is 4.79 Å². The average molecular weight is 445 g/mol. The third-order valence-electron chi connectivity index (χ3n) is 5.81. The molecule has 0 fully saturated rings. The fraction of sp³-hybridized carbons (Fsp3) is 0.192. The van der Waals surface area contributed by atoms with E-state index in [0.29, 0.717) is 50.3 Å². The number of nitrogens with two attached hydrogens (primary N) is 1. The highest BCUT2D eigenvalue weighted by Crippen LogP contribution is 2.32. The van der Waals surface area contributed by atoms with Gasteiger partial charge >= 0.3 is 5.97 Å². The second-order valence-corrected chi connectivity index (χ2v) is 7.89. The molecule has 0 spiro atoms. The Kier molecular flexibility index (Phi) is 5.64. The second kappa shape index (κ2) is 8.43. The molecular weight excluding hydrogens is 420 g/mol. The van der Waals surface area contributed by atoms with Crippen molar-refractivity contribution >= 4 is 33.7 Å². The summed E-state index contributed by atoms with van der Waals surface area (Å²) in [7, 11) is 5.10. The Morgan fingerprint density at radius 3 is 1.73 bits per heavy atom. The van der Waals surface area contributed by atoms with Crippen LogP contribution in [0.2, 0.25) is 0 Å². The lowest BCUT2D eigenvalue weighted by atomic mass is 10.0. The molecule has 0 unspecified atom stereocenters. The minimum absolute atomic E-state index is 0.363. The molecule has 0 radical (unpaired) electrons. The van der Waals surface area contributed by atoms with Gasteiger partial charge in [0.05, 0.1) is 30.6 Å². The third-order valence-corrected chi connectivity index (χ3v) is 5.81. The van der Waals surface area contributed by atoms with Crippen molar-refractivity contribution in [1.29, 1.82) is 0 Å². The first-order valence-corrected chi connectivity index (χ1v) is 10.4. The summed E-state index contributed by atoms with van der Waals surface area (Å²) in [5, 5.41) is 1.37. The number of hydrogen-bond donors (Lipinski definition) is 1. The summed E-state index contributed by atoms with van der Waals surface area (Å²) in [6.45, 7) is 3.55. The molecule has 0 aliphatic heterocycles. The van der Waals surface area contributed by atoms with Gasteiger partial charge in [-0.1, -0.05) is 0 Å². The molecule has 4 aromatic rings. The quantitative estimate of drug-likeness (QED) is 0.219. The standard InChI is InChI=1S/C26H24N2O5/c1-14-10-16(25(27)29)11-15(2)24(14)33-26(30)23-19-12-17(31-4)6-8-21(19)28(3)22-9-7-18(32-5)13-20(22)23/h6-13H,1-5H3,(H-,27,29)/p+1. The molecule has 7 nitrogen and oxygen atoms in total. The number of carbonyl (C=O) groups is 2. The zero-order valence-electron chi connectivity index (χ0n) is 19.2. The molecule has 1 heterocycles. The Labute approximate surface area is 191 Å². The van der Waals surface area contributed by atoms with Crippen LogP contribution in [0.1, 0.15) is 31.8 Å². The van der Waals surface area contributed by atoms with Gasteiger partial charge in [-0.05, 0) is 61.4 Å². The first-order valence-electron chi connectivity index (χ1n) is 10.4. The molecule has 168 valence electrons. The number of fused-ring (bicyclic) bond motifs is 2. The van der Waals surface area contributed by atoms with Crippen molar-refractivity contribution in [3.8, 4) is 17.2 Å². The molecule has 33 heavy (non-hydrogen) atoms. The maximum absolute atomic E-state index is 13.7. The van der Waals surface area contributed by atoms with E-state index in [4.69, 9.17) is 19.9 Å². The smallest absolute Gasteiger partial charge is 0.345 e. The van der Waals surface area contributed by atoms with Gasteiger partial charge in [0.15, 0.2) is 0 Å². The number of methoxy groups -OCH3 is 2. The number of amides is 1. The topological polar surface area (TPSA) is 91.7 Å². The number of hydrogen-bond acceptors (Lipinski definition) is 5. The summed E-state index contributed by atoms with van der Waals surface area (Å²) in [6.07, 6.45) is 0. The van der Waals surface area contributed by atoms with E-state index in [1.165, 1.54) is 0 Å². The highest BCUT2D eigenvalue weighted by atomic mass is 16.5. The van der Waals surface area contributed by atoms with Crippen molar-refractivity contribution in [1.82, 2.24) is 0 Å². The van der Waals surface area contributed by atoms with E-state index in [-0.39, 0.29) is 0 Å². The predicted octanol–water partition coefficient (Wildman–Crippen LogP) is 3.77. The molecule has 0 aliphatic rings. The molecule has 7 heteroatoms. The Morgan fingerprint density at radius 1 is 0.818 bits per heavy atom. The highest BCUT2D eigenvalue weighted by Gasteiger charge is 2.26. The number of nitrogens with zero attached hydrogens (tertiary/aromatic N) is 1. The summed E-state index contributed by atoms with van der Waals surface area (Å²) < 4.78 is 18.8. The van der Waals surface area contributed by atoms with Crippen LogP contribution in [0.15, 0.2) is 48.5 Å². The van der Waals surface area contributed by atoms with Crippen molar-refractivity contribution in [2.45, 2.75) is 13.8 Å². The Bertz CT molecular complexity index is 1350. The van der Waals surface area contributed by atoms with Gasteiger partial charge < -0.3 is 19.9 Å². The molecule has 0 saturated heterocycles. The Hall–Kier alpha value is -4.13. The molecule has 0 atom stereocenters. The van der Waals surface area contributed by atoms with Crippen LogP contribution in [-0.4, -0.2) is 26.1 Å². The number of aryl methyl sites for hydroxylation is 3. The normalized spacial score (nSPS) is 10.9. The number of carbonyl (C=O) groups excluding carboxylic acids is 2. The molecule has 4 rings (SSSR count). The predicted molar refractivity (Wildman–Crippen MR) is 125 cm³/mol. The number of benzene rings is 3. The molecule has 0 bridgehead atoms. The minimum Gasteiger partial charge on any atom is -0.497 e. The summed E-state index contributed by atoms with van der Waals surface area (Å²) in [6, 6.07) is 14.4. The van der Waals surface area contributed by atoms with E-state index < -0.39 is 11.9 Å². The van der Waals surface area contributed by atoms with E-state index in [1.54, 1.807) is 40.2 Å². The van der Waals surface area contributed by atoms with E-state index >= 15 is 0 Å². The number of primary amides is 1. The van der Waals surface area contributed by atoms with Gasteiger partial charge in [0.25, 0.3) is 0 Å². The summed E-state index contributed by atoms with van der Waals surface area (Å²) >= 11 is 0. The molecular formula is C26H25N2O5+. The lowest BCUT2D eigenvalue weighted by Crippen LogP contribution is -2.31. The molecule has 1 amide bonds. The van der Waals surface area contributed by atoms with Gasteiger partial charge in [0.1, 0.15) is 24.3 Å². The largest absolute Gasteiger partial charge is 0.497 e. The SMILES string of the molecule is COc1ccc2c(c1)c(C(=O)Oc1c(C)cc(C(N)=O)cc1C)c1cc(OC)ccc1[n+]2C. The molecule has 1 aromatic heterocycles. The Morgan fingerprint density at radius 2 is 1.30 bits per heavy atom. The summed E-state index contributed by atoms with van der Waals surface area (Å²) in [5.41, 5.74) is 9.15. The third kappa shape index (κ3) is 3.82. The lowest BCUT2D eigenvalue weighted by molar-refractivity contribution is -0.617. The monoisotopic (exact) mass is 445 g/mol. The van der Waals surface area contributed by atoms with Gasteiger partial charge in [0, 0.05) is 17.7 Å². The van der Waals surface area contributed by atoms with Crippen LogP contribution in [0.4, 0.5) is 0 Å². The fourth-order valence-electron chi connectivity index (χ4n) is 4.16. The van der Waals surface area contributed by atoms with Gasteiger partial charge in [-0.3, -0.25) is 4.79 Å². The van der Waals surface area contributed by atoms with Crippen LogP contribution in [0.5, 0.6) is 17.2 Å². The van der Waals surface area contributed by atoms with Crippen molar-refractivity contribution in [2.24, 2.45) is 12.8 Å². The summed E-state index contributed by atoms with van der Waals surface area (Å²) in [4.78, 5) is 25.3. The first-order chi connectivity index (χ1) is 15.7. The number of esters is 1. The number of aromatic nitrogens is 1.